The van der Waals surface area contributed by atoms with Gasteiger partial charge in [0.2, 0.25) is 11.9 Å². The molecule has 0 unspecified atom stereocenters. The molecule has 2 N–H and O–H groups in total. The second-order valence-corrected chi connectivity index (χ2v) is 4.85. The van der Waals surface area contributed by atoms with Crippen LogP contribution in [0.5, 0.6) is 6.01 Å². The van der Waals surface area contributed by atoms with Gasteiger partial charge >= 0.3 is 6.01 Å². The lowest BCUT2D eigenvalue weighted by Crippen LogP contribution is -2.27. The molecular formula is C13H24N6O. The molecule has 0 aliphatic carbocycles. The maximum absolute atomic E-state index is 5.72. The summed E-state index contributed by atoms with van der Waals surface area (Å²) in [7, 11) is 0. The van der Waals surface area contributed by atoms with E-state index >= 15 is 0 Å². The number of aromatic nitrogens is 3. The Morgan fingerprint density at radius 1 is 1.15 bits per heavy atom. The van der Waals surface area contributed by atoms with Gasteiger partial charge in [-0.05, 0) is 39.8 Å². The lowest BCUT2D eigenvalue weighted by atomic mass is 10.4. The minimum absolute atomic E-state index is 0.207. The molecule has 1 aliphatic heterocycles. The van der Waals surface area contributed by atoms with E-state index in [1.54, 1.807) is 0 Å². The van der Waals surface area contributed by atoms with E-state index in [2.05, 4.69) is 33.7 Å². The highest BCUT2D eigenvalue weighted by Crippen LogP contribution is 2.13. The summed E-state index contributed by atoms with van der Waals surface area (Å²) in [5, 5.41) is 0. The van der Waals surface area contributed by atoms with Gasteiger partial charge in [-0.2, -0.15) is 15.0 Å². The van der Waals surface area contributed by atoms with Crippen molar-refractivity contribution in [1.82, 2.24) is 19.9 Å². The number of nitrogens with zero attached hydrogens (tertiary/aromatic N) is 5. The zero-order valence-corrected chi connectivity index (χ0v) is 12.4. The first-order valence-corrected chi connectivity index (χ1v) is 7.34. The van der Waals surface area contributed by atoms with Crippen molar-refractivity contribution in [3.8, 4) is 6.01 Å². The van der Waals surface area contributed by atoms with Gasteiger partial charge in [-0.25, -0.2) is 0 Å². The van der Waals surface area contributed by atoms with Gasteiger partial charge in [-0.3, -0.25) is 4.90 Å². The molecule has 112 valence electrons. The van der Waals surface area contributed by atoms with Crippen LogP contribution in [0, 0.1) is 0 Å². The number of nitrogen functional groups attached to an aromatic ring is 1. The second kappa shape index (κ2) is 7.23. The van der Waals surface area contributed by atoms with Crippen LogP contribution in [0.15, 0.2) is 0 Å². The molecule has 0 amide bonds. The van der Waals surface area contributed by atoms with Crippen LogP contribution < -0.4 is 15.4 Å². The minimum atomic E-state index is 0.207. The molecule has 1 fully saturated rings. The molecule has 7 nitrogen and oxygen atoms in total. The molecule has 7 heteroatoms. The first-order chi connectivity index (χ1) is 9.72. The number of hydrogen-bond acceptors (Lipinski definition) is 7. The van der Waals surface area contributed by atoms with E-state index in [4.69, 9.17) is 10.5 Å². The molecule has 1 aromatic heterocycles. The van der Waals surface area contributed by atoms with Crippen molar-refractivity contribution in [3.63, 3.8) is 0 Å². The highest BCUT2D eigenvalue weighted by Gasteiger charge is 2.13. The Morgan fingerprint density at radius 2 is 1.85 bits per heavy atom. The fraction of sp³-hybridized carbons (Fsp3) is 0.769. The average Bonchev–Trinajstić information content (AvgIpc) is 2.93. The van der Waals surface area contributed by atoms with Crippen LogP contribution in [-0.4, -0.2) is 59.2 Å². The van der Waals surface area contributed by atoms with Crippen molar-refractivity contribution in [2.24, 2.45) is 0 Å². The Hall–Kier alpha value is -1.63. The number of rotatable bonds is 7. The highest BCUT2D eigenvalue weighted by atomic mass is 16.5. The lowest BCUT2D eigenvalue weighted by molar-refractivity contribution is 0.225. The molecule has 1 saturated heterocycles. The first kappa shape index (κ1) is 14.8. The quantitative estimate of drug-likeness (QED) is 0.790. The van der Waals surface area contributed by atoms with Gasteiger partial charge < -0.3 is 15.4 Å². The number of anilines is 2. The van der Waals surface area contributed by atoms with Gasteiger partial charge in [0, 0.05) is 19.6 Å². The molecule has 0 atom stereocenters. The van der Waals surface area contributed by atoms with Gasteiger partial charge in [0.25, 0.3) is 0 Å². The van der Waals surface area contributed by atoms with Crippen molar-refractivity contribution in [3.05, 3.63) is 0 Å². The van der Waals surface area contributed by atoms with E-state index in [0.717, 1.165) is 32.7 Å². The lowest BCUT2D eigenvalue weighted by Gasteiger charge is -2.19. The van der Waals surface area contributed by atoms with Crippen LogP contribution in [0.2, 0.25) is 0 Å². The van der Waals surface area contributed by atoms with Crippen molar-refractivity contribution < 1.29 is 4.74 Å². The van der Waals surface area contributed by atoms with Crippen molar-refractivity contribution in [2.75, 3.05) is 50.0 Å². The van der Waals surface area contributed by atoms with Crippen LogP contribution >= 0.6 is 0 Å². The smallest absolute Gasteiger partial charge is 0.323 e. The standard InChI is InChI=1S/C13H24N6O/c1-3-19(4-2)12-15-11(14)16-13(17-12)20-10-9-18-7-5-6-8-18/h3-10H2,1-2H3,(H2,14,15,16,17). The van der Waals surface area contributed by atoms with Crippen LogP contribution in [0.25, 0.3) is 0 Å². The normalized spacial score (nSPS) is 15.5. The Kier molecular flexibility index (Phi) is 5.34. The minimum Gasteiger partial charge on any atom is -0.462 e. The second-order valence-electron chi connectivity index (χ2n) is 4.85. The first-order valence-electron chi connectivity index (χ1n) is 7.34. The number of ether oxygens (including phenoxy) is 1. The number of hydrogen-bond donors (Lipinski definition) is 1. The van der Waals surface area contributed by atoms with Crippen LogP contribution in [0.1, 0.15) is 26.7 Å². The largest absolute Gasteiger partial charge is 0.462 e. The summed E-state index contributed by atoms with van der Waals surface area (Å²) in [5.74, 6) is 0.789. The van der Waals surface area contributed by atoms with Crippen LogP contribution in [-0.2, 0) is 0 Å². The van der Waals surface area contributed by atoms with E-state index in [1.165, 1.54) is 12.8 Å². The summed E-state index contributed by atoms with van der Waals surface area (Å²) in [6.45, 7) is 9.57. The van der Waals surface area contributed by atoms with Crippen LogP contribution in [0.3, 0.4) is 0 Å². The third kappa shape index (κ3) is 3.93. The monoisotopic (exact) mass is 280 g/mol. The number of likely N-dealkylation sites (tertiary alicyclic amines) is 1. The molecule has 0 aromatic carbocycles. The molecular weight excluding hydrogens is 256 g/mol. The molecule has 0 radical (unpaired) electrons. The van der Waals surface area contributed by atoms with Gasteiger partial charge in [0.05, 0.1) is 0 Å². The Morgan fingerprint density at radius 3 is 2.50 bits per heavy atom. The molecule has 1 aliphatic rings. The van der Waals surface area contributed by atoms with Crippen molar-refractivity contribution in [2.45, 2.75) is 26.7 Å². The summed E-state index contributed by atoms with van der Waals surface area (Å²) < 4.78 is 5.62. The van der Waals surface area contributed by atoms with Gasteiger partial charge in [-0.15, -0.1) is 0 Å². The van der Waals surface area contributed by atoms with E-state index in [-0.39, 0.29) is 5.95 Å². The summed E-state index contributed by atoms with van der Waals surface area (Å²) in [5.41, 5.74) is 5.72. The molecule has 1 aromatic rings. The predicted octanol–water partition coefficient (Wildman–Crippen LogP) is 0.775. The zero-order chi connectivity index (χ0) is 14.4. The predicted molar refractivity (Wildman–Crippen MR) is 79.0 cm³/mol. The Labute approximate surface area is 120 Å². The fourth-order valence-electron chi connectivity index (χ4n) is 2.35. The topological polar surface area (TPSA) is 80.4 Å². The SMILES string of the molecule is CCN(CC)c1nc(N)nc(OCCN2CCCC2)n1. The van der Waals surface area contributed by atoms with E-state index in [1.807, 2.05) is 4.90 Å². The van der Waals surface area contributed by atoms with Crippen LogP contribution in [0.4, 0.5) is 11.9 Å². The van der Waals surface area contributed by atoms with Gasteiger partial charge in [0.15, 0.2) is 0 Å². The molecule has 0 bridgehead atoms. The molecule has 20 heavy (non-hydrogen) atoms. The summed E-state index contributed by atoms with van der Waals surface area (Å²) in [6.07, 6.45) is 2.57. The molecule has 2 rings (SSSR count). The summed E-state index contributed by atoms with van der Waals surface area (Å²) in [6, 6.07) is 0.318. The number of nitrogens with two attached hydrogens (primary N) is 1. The summed E-state index contributed by atoms with van der Waals surface area (Å²) >= 11 is 0. The van der Waals surface area contributed by atoms with E-state index in [9.17, 15) is 0 Å². The van der Waals surface area contributed by atoms with Crippen molar-refractivity contribution >= 4 is 11.9 Å². The summed E-state index contributed by atoms with van der Waals surface area (Å²) in [4.78, 5) is 16.9. The average molecular weight is 280 g/mol. The van der Waals surface area contributed by atoms with Crippen molar-refractivity contribution in [1.29, 1.82) is 0 Å². The fourth-order valence-corrected chi connectivity index (χ4v) is 2.35. The third-order valence-corrected chi connectivity index (χ3v) is 3.50. The highest BCUT2D eigenvalue weighted by molar-refractivity contribution is 5.35. The van der Waals surface area contributed by atoms with E-state index in [0.29, 0.717) is 18.6 Å². The maximum atomic E-state index is 5.72. The Balaban J connectivity index is 1.92. The van der Waals surface area contributed by atoms with Gasteiger partial charge in [0.1, 0.15) is 6.61 Å². The Bertz CT molecular complexity index is 417. The van der Waals surface area contributed by atoms with Gasteiger partial charge in [-0.1, -0.05) is 0 Å². The maximum Gasteiger partial charge on any atom is 0.323 e. The molecule has 0 spiro atoms. The van der Waals surface area contributed by atoms with E-state index < -0.39 is 0 Å². The zero-order valence-electron chi connectivity index (χ0n) is 12.4. The molecule has 0 saturated carbocycles. The molecule has 2 heterocycles. The third-order valence-electron chi connectivity index (χ3n) is 3.50.